The van der Waals surface area contributed by atoms with Crippen LogP contribution in [0.4, 0.5) is 0 Å². The lowest BCUT2D eigenvalue weighted by Gasteiger charge is -2.32. The first-order chi connectivity index (χ1) is 8.57. The molecule has 1 aliphatic heterocycles. The Morgan fingerprint density at radius 2 is 1.76 bits per heavy atom. The van der Waals surface area contributed by atoms with Crippen LogP contribution in [0.5, 0.6) is 0 Å². The van der Waals surface area contributed by atoms with Gasteiger partial charge in [-0.25, -0.2) is 4.98 Å². The summed E-state index contributed by atoms with van der Waals surface area (Å²) in [4.78, 5) is 4.03. The number of hydrogen-bond donors (Lipinski definition) is 0. The summed E-state index contributed by atoms with van der Waals surface area (Å²) in [5.74, 6) is 0. The number of rotatable bonds is 1. The predicted octanol–water partition coefficient (Wildman–Crippen LogP) is 2.91. The number of nitrogens with zero attached hydrogens (tertiary/aromatic N) is 1. The van der Waals surface area contributed by atoms with Crippen molar-refractivity contribution in [3.63, 3.8) is 0 Å². The second-order valence-electron chi connectivity index (χ2n) is 4.96. The Balaban J connectivity index is 2.49. The molecule has 0 spiro atoms. The smallest absolute Gasteiger partial charge is 0.399 e. The van der Waals surface area contributed by atoms with E-state index in [1.165, 1.54) is 0 Å². The summed E-state index contributed by atoms with van der Waals surface area (Å²) in [6, 6.07) is 0.158. The zero-order valence-corrected chi connectivity index (χ0v) is 13.3. The summed E-state index contributed by atoms with van der Waals surface area (Å²) in [6.45, 7) is 7.73. The summed E-state index contributed by atoms with van der Waals surface area (Å²) >= 11 is 6.48. The second kappa shape index (κ2) is 4.33. The van der Waals surface area contributed by atoms with Crippen LogP contribution in [0, 0.1) is 0 Å². The minimum absolute atomic E-state index is 0.0152. The van der Waals surface area contributed by atoms with Crippen molar-refractivity contribution in [3.05, 3.63) is 21.3 Å². The molecular formula is C11H14BBr2NO2. The molecule has 0 unspecified atom stereocenters. The van der Waals surface area contributed by atoms with Gasteiger partial charge in [-0.05, 0) is 65.6 Å². The summed E-state index contributed by atoms with van der Waals surface area (Å²) < 4.78 is 28.7. The molecule has 0 amide bonds. The third-order valence-electron chi connectivity index (χ3n) is 3.19. The minimum atomic E-state index is -0.748. The zero-order valence-electron chi connectivity index (χ0n) is 12.1. The van der Waals surface area contributed by atoms with Crippen molar-refractivity contribution < 1.29 is 12.1 Å². The van der Waals surface area contributed by atoms with Gasteiger partial charge in [-0.1, -0.05) is 0 Å². The van der Waals surface area contributed by atoms with Gasteiger partial charge in [-0.15, -0.1) is 0 Å². The molecule has 1 aliphatic rings. The molecule has 0 aromatic carbocycles. The van der Waals surface area contributed by atoms with Crippen molar-refractivity contribution in [2.24, 2.45) is 0 Å². The van der Waals surface area contributed by atoms with Crippen molar-refractivity contribution in [2.45, 2.75) is 38.9 Å². The lowest BCUT2D eigenvalue weighted by Crippen LogP contribution is -2.41. The van der Waals surface area contributed by atoms with Crippen molar-refractivity contribution in [1.82, 2.24) is 4.98 Å². The fourth-order valence-electron chi connectivity index (χ4n) is 1.43. The van der Waals surface area contributed by atoms with Gasteiger partial charge >= 0.3 is 7.12 Å². The van der Waals surface area contributed by atoms with E-state index in [1.54, 1.807) is 0 Å². The highest BCUT2D eigenvalue weighted by atomic mass is 79.9. The maximum absolute atomic E-state index is 8.10. The van der Waals surface area contributed by atoms with E-state index < -0.39 is 18.3 Å². The molecule has 0 aliphatic carbocycles. The van der Waals surface area contributed by atoms with Crippen molar-refractivity contribution >= 4 is 44.4 Å². The Morgan fingerprint density at radius 1 is 1.24 bits per heavy atom. The third kappa shape index (κ3) is 2.45. The van der Waals surface area contributed by atoms with Gasteiger partial charge in [0.2, 0.25) is 0 Å². The lowest BCUT2D eigenvalue weighted by atomic mass is 9.80. The van der Waals surface area contributed by atoms with E-state index in [0.717, 1.165) is 0 Å². The molecule has 2 heterocycles. The van der Waals surface area contributed by atoms with Crippen LogP contribution in [0.2, 0.25) is 0 Å². The molecule has 1 aromatic heterocycles. The fraction of sp³-hybridized carbons (Fsp3) is 0.545. The Labute approximate surface area is 121 Å². The normalized spacial score (nSPS) is 23.5. The molecule has 0 N–H and O–H groups in total. The van der Waals surface area contributed by atoms with Crippen LogP contribution >= 0.6 is 31.9 Å². The van der Waals surface area contributed by atoms with Gasteiger partial charge in [0, 0.05) is 11.6 Å². The molecule has 3 nitrogen and oxygen atoms in total. The van der Waals surface area contributed by atoms with Gasteiger partial charge in [0.05, 0.1) is 18.4 Å². The van der Waals surface area contributed by atoms with E-state index in [-0.39, 0.29) is 12.2 Å². The first-order valence-corrected chi connectivity index (χ1v) is 6.83. The summed E-state index contributed by atoms with van der Waals surface area (Å²) in [7, 11) is -0.748. The molecule has 0 saturated carbocycles. The lowest BCUT2D eigenvalue weighted by molar-refractivity contribution is 0.00578. The van der Waals surface area contributed by atoms with E-state index in [0.29, 0.717) is 14.5 Å². The van der Waals surface area contributed by atoms with E-state index in [9.17, 15) is 0 Å². The topological polar surface area (TPSA) is 31.4 Å². The maximum atomic E-state index is 8.10. The molecule has 0 radical (unpaired) electrons. The summed E-state index contributed by atoms with van der Waals surface area (Å²) in [6.07, 6.45) is -0.0152. The molecule has 92 valence electrons. The Morgan fingerprint density at radius 3 is 2.29 bits per heavy atom. The highest BCUT2D eigenvalue weighted by molar-refractivity contribution is 9.13. The average Bonchev–Trinajstić information content (AvgIpc) is 2.44. The molecule has 0 atom stereocenters. The van der Waals surface area contributed by atoms with E-state index in [4.69, 9.17) is 12.1 Å². The number of pyridine rings is 1. The number of halogens is 2. The highest BCUT2D eigenvalue weighted by Crippen LogP contribution is 2.36. The van der Waals surface area contributed by atoms with Crippen LogP contribution in [0.15, 0.2) is 21.3 Å². The van der Waals surface area contributed by atoms with Crippen LogP contribution in [-0.4, -0.2) is 23.3 Å². The third-order valence-corrected chi connectivity index (χ3v) is 4.87. The first kappa shape index (κ1) is 11.0. The molecule has 1 fully saturated rings. The van der Waals surface area contributed by atoms with Gasteiger partial charge in [-0.3, -0.25) is 0 Å². The first-order valence-electron chi connectivity index (χ1n) is 6.24. The highest BCUT2D eigenvalue weighted by Gasteiger charge is 2.51. The Bertz CT molecular complexity index is 524. The SMILES string of the molecule is [2H]c1nc(Br)c(Br)c([2H])c1B1OC(C)(C)C(C)(C)O1. The van der Waals surface area contributed by atoms with Gasteiger partial charge in [0.15, 0.2) is 0 Å². The van der Waals surface area contributed by atoms with Gasteiger partial charge in [0.1, 0.15) is 4.60 Å². The largest absolute Gasteiger partial charge is 0.496 e. The predicted molar refractivity (Wildman–Crippen MR) is 75.4 cm³/mol. The molecule has 2 rings (SSSR count). The van der Waals surface area contributed by atoms with Crippen LogP contribution in [0.3, 0.4) is 0 Å². The number of aromatic nitrogens is 1. The van der Waals surface area contributed by atoms with Crippen molar-refractivity contribution in [1.29, 1.82) is 0 Å². The Hall–Kier alpha value is 0.0949. The molecular weight excluding hydrogens is 349 g/mol. The quantitative estimate of drug-likeness (QED) is 0.567. The second-order valence-corrected chi connectivity index (χ2v) is 6.50. The molecule has 17 heavy (non-hydrogen) atoms. The minimum Gasteiger partial charge on any atom is -0.399 e. The maximum Gasteiger partial charge on any atom is 0.496 e. The van der Waals surface area contributed by atoms with Crippen LogP contribution < -0.4 is 5.46 Å². The monoisotopic (exact) mass is 363 g/mol. The summed E-state index contributed by atoms with van der Waals surface area (Å²) in [5, 5.41) is 0. The average molecular weight is 365 g/mol. The van der Waals surface area contributed by atoms with Crippen LogP contribution in [0.25, 0.3) is 0 Å². The van der Waals surface area contributed by atoms with Gasteiger partial charge in [-0.2, -0.15) is 0 Å². The molecule has 1 saturated heterocycles. The van der Waals surface area contributed by atoms with Crippen LogP contribution in [-0.2, 0) is 9.31 Å². The fourth-order valence-corrected chi connectivity index (χ4v) is 1.92. The molecule has 0 bridgehead atoms. The van der Waals surface area contributed by atoms with E-state index in [1.807, 2.05) is 27.7 Å². The standard InChI is InChI=1S/C11H14BBr2NO2/c1-10(2)11(3,4)17-12(16-10)7-5-8(13)9(14)15-6-7/h5-6H,1-4H3/i5D,6D. The van der Waals surface area contributed by atoms with Gasteiger partial charge < -0.3 is 9.31 Å². The van der Waals surface area contributed by atoms with E-state index in [2.05, 4.69) is 36.8 Å². The van der Waals surface area contributed by atoms with Gasteiger partial charge in [0.25, 0.3) is 0 Å². The Kier molecular flexibility index (Phi) is 2.79. The van der Waals surface area contributed by atoms with Crippen molar-refractivity contribution in [3.8, 4) is 0 Å². The summed E-state index contributed by atoms with van der Waals surface area (Å²) in [5.41, 5.74) is -0.666. The molecule has 1 aromatic rings. The molecule has 6 heteroatoms. The van der Waals surface area contributed by atoms with E-state index >= 15 is 0 Å². The zero-order chi connectivity index (χ0) is 14.6. The van der Waals surface area contributed by atoms with Crippen molar-refractivity contribution in [2.75, 3.05) is 0 Å². The number of hydrogen-bond acceptors (Lipinski definition) is 3. The van der Waals surface area contributed by atoms with Crippen LogP contribution in [0.1, 0.15) is 30.4 Å².